The zero-order valence-electron chi connectivity index (χ0n) is 9.73. The summed E-state index contributed by atoms with van der Waals surface area (Å²) in [6, 6.07) is 0.340. The summed E-state index contributed by atoms with van der Waals surface area (Å²) in [5.74, 6) is 0. The van der Waals surface area contributed by atoms with Gasteiger partial charge < -0.3 is 5.32 Å². The third kappa shape index (κ3) is 3.20. The van der Waals surface area contributed by atoms with E-state index in [1.54, 1.807) is 13.4 Å². The van der Waals surface area contributed by atoms with Crippen LogP contribution in [0.5, 0.6) is 0 Å². The van der Waals surface area contributed by atoms with Crippen LogP contribution >= 0.6 is 0 Å². The molecule has 1 atom stereocenters. The molecule has 0 bridgehead atoms. The van der Waals surface area contributed by atoms with E-state index in [2.05, 4.69) is 24.3 Å². The Labute approximate surface area is 90.1 Å². The molecule has 5 heteroatoms. The van der Waals surface area contributed by atoms with Gasteiger partial charge in [-0.25, -0.2) is 9.48 Å². The van der Waals surface area contributed by atoms with Crippen molar-refractivity contribution in [1.29, 1.82) is 0 Å². The summed E-state index contributed by atoms with van der Waals surface area (Å²) < 4.78 is 3.01. The molecule has 15 heavy (non-hydrogen) atoms. The Morgan fingerprint density at radius 2 is 2.27 bits per heavy atom. The highest BCUT2D eigenvalue weighted by Gasteiger charge is 2.09. The van der Waals surface area contributed by atoms with Crippen molar-refractivity contribution in [3.8, 4) is 0 Å². The summed E-state index contributed by atoms with van der Waals surface area (Å²) in [4.78, 5) is 11.5. The predicted octanol–water partition coefficient (Wildman–Crippen LogP) is 0.360. The Morgan fingerprint density at radius 3 is 2.73 bits per heavy atom. The molecule has 0 saturated carbocycles. The monoisotopic (exact) mass is 212 g/mol. The van der Waals surface area contributed by atoms with Gasteiger partial charge in [0.15, 0.2) is 0 Å². The molecule has 1 rings (SSSR count). The SMILES string of the molecule is CCCC(Cn1ncn(C)c1=O)NCC. The Morgan fingerprint density at radius 1 is 1.53 bits per heavy atom. The number of aromatic nitrogens is 3. The third-order valence-electron chi connectivity index (χ3n) is 2.41. The van der Waals surface area contributed by atoms with E-state index in [0.29, 0.717) is 12.6 Å². The van der Waals surface area contributed by atoms with E-state index in [0.717, 1.165) is 19.4 Å². The second-order valence-electron chi connectivity index (χ2n) is 3.75. The van der Waals surface area contributed by atoms with E-state index in [4.69, 9.17) is 0 Å². The number of hydrogen-bond donors (Lipinski definition) is 1. The zero-order valence-corrected chi connectivity index (χ0v) is 9.73. The Balaban J connectivity index is 2.65. The van der Waals surface area contributed by atoms with Crippen molar-refractivity contribution in [2.45, 2.75) is 39.3 Å². The molecule has 86 valence electrons. The first kappa shape index (κ1) is 12.0. The van der Waals surface area contributed by atoms with E-state index in [1.807, 2.05) is 0 Å². The second kappa shape index (κ2) is 5.70. The van der Waals surface area contributed by atoms with E-state index in [-0.39, 0.29) is 5.69 Å². The number of likely N-dealkylation sites (N-methyl/N-ethyl adjacent to an activating group) is 1. The summed E-state index contributed by atoms with van der Waals surface area (Å²) >= 11 is 0. The van der Waals surface area contributed by atoms with Crippen molar-refractivity contribution in [1.82, 2.24) is 19.7 Å². The lowest BCUT2D eigenvalue weighted by Crippen LogP contribution is -2.37. The predicted molar refractivity (Wildman–Crippen MR) is 59.8 cm³/mol. The second-order valence-corrected chi connectivity index (χ2v) is 3.75. The molecule has 5 nitrogen and oxygen atoms in total. The normalized spacial score (nSPS) is 13.0. The van der Waals surface area contributed by atoms with Gasteiger partial charge in [0.1, 0.15) is 6.33 Å². The van der Waals surface area contributed by atoms with Crippen LogP contribution in [0, 0.1) is 0 Å². The van der Waals surface area contributed by atoms with Crippen LogP contribution in [0.25, 0.3) is 0 Å². The van der Waals surface area contributed by atoms with Crippen molar-refractivity contribution in [2.24, 2.45) is 7.05 Å². The van der Waals surface area contributed by atoms with Gasteiger partial charge in [0.2, 0.25) is 0 Å². The molecule has 0 fully saturated rings. The van der Waals surface area contributed by atoms with Crippen LogP contribution in [0.2, 0.25) is 0 Å². The van der Waals surface area contributed by atoms with Crippen molar-refractivity contribution in [2.75, 3.05) is 6.54 Å². The highest BCUT2D eigenvalue weighted by Crippen LogP contribution is 1.98. The number of rotatable bonds is 6. The Kier molecular flexibility index (Phi) is 4.55. The van der Waals surface area contributed by atoms with Crippen LogP contribution in [0.15, 0.2) is 11.1 Å². The molecule has 1 aromatic heterocycles. The van der Waals surface area contributed by atoms with Gasteiger partial charge in [0, 0.05) is 13.1 Å². The quantitative estimate of drug-likeness (QED) is 0.740. The molecule has 0 aliphatic heterocycles. The van der Waals surface area contributed by atoms with Gasteiger partial charge in [-0.2, -0.15) is 5.10 Å². The lowest BCUT2D eigenvalue weighted by molar-refractivity contribution is 0.401. The molecule has 1 unspecified atom stereocenters. The van der Waals surface area contributed by atoms with Gasteiger partial charge in [0.25, 0.3) is 0 Å². The Bertz CT molecular complexity index is 335. The van der Waals surface area contributed by atoms with Crippen molar-refractivity contribution in [3.63, 3.8) is 0 Å². The number of nitrogens with one attached hydrogen (secondary N) is 1. The van der Waals surface area contributed by atoms with Gasteiger partial charge in [-0.3, -0.25) is 4.57 Å². The summed E-state index contributed by atoms with van der Waals surface area (Å²) in [6.07, 6.45) is 3.73. The van der Waals surface area contributed by atoms with Gasteiger partial charge in [-0.1, -0.05) is 20.3 Å². The maximum atomic E-state index is 11.5. The lowest BCUT2D eigenvalue weighted by atomic mass is 10.1. The largest absolute Gasteiger partial charge is 0.345 e. The van der Waals surface area contributed by atoms with E-state index >= 15 is 0 Å². The molecule has 0 aromatic carbocycles. The van der Waals surface area contributed by atoms with Crippen LogP contribution in [0.4, 0.5) is 0 Å². The number of nitrogens with zero attached hydrogens (tertiary/aromatic N) is 3. The first-order valence-corrected chi connectivity index (χ1v) is 5.50. The molecule has 0 radical (unpaired) electrons. The molecule has 1 heterocycles. The summed E-state index contributed by atoms with van der Waals surface area (Å²) in [7, 11) is 1.72. The molecule has 0 spiro atoms. The van der Waals surface area contributed by atoms with E-state index in [1.165, 1.54) is 9.25 Å². The molecule has 1 aromatic rings. The van der Waals surface area contributed by atoms with Crippen molar-refractivity contribution in [3.05, 3.63) is 16.8 Å². The zero-order chi connectivity index (χ0) is 11.3. The fourth-order valence-electron chi connectivity index (χ4n) is 1.65. The average molecular weight is 212 g/mol. The maximum Gasteiger partial charge on any atom is 0.345 e. The standard InChI is InChI=1S/C10H20N4O/c1-4-6-9(11-5-2)7-14-10(15)13(3)8-12-14/h8-9,11H,4-7H2,1-3H3. The molecule has 1 N–H and O–H groups in total. The highest BCUT2D eigenvalue weighted by atomic mass is 16.2. The van der Waals surface area contributed by atoms with Gasteiger partial charge in [-0.15, -0.1) is 0 Å². The van der Waals surface area contributed by atoms with Crippen LogP contribution < -0.4 is 11.0 Å². The molecule has 0 amide bonds. The Hall–Kier alpha value is -1.10. The lowest BCUT2D eigenvalue weighted by Gasteiger charge is -2.15. The first-order chi connectivity index (χ1) is 7.19. The molecule has 0 saturated heterocycles. The fourth-order valence-corrected chi connectivity index (χ4v) is 1.65. The van der Waals surface area contributed by atoms with E-state index < -0.39 is 0 Å². The molecular weight excluding hydrogens is 192 g/mol. The van der Waals surface area contributed by atoms with Gasteiger partial charge in [0.05, 0.1) is 6.54 Å². The topological polar surface area (TPSA) is 51.9 Å². The van der Waals surface area contributed by atoms with Crippen molar-refractivity contribution < 1.29 is 0 Å². The molecule has 0 aliphatic carbocycles. The third-order valence-corrected chi connectivity index (χ3v) is 2.41. The number of aryl methyl sites for hydroxylation is 1. The summed E-state index contributed by atoms with van der Waals surface area (Å²) in [5, 5.41) is 7.41. The van der Waals surface area contributed by atoms with Crippen LogP contribution in [0.3, 0.4) is 0 Å². The van der Waals surface area contributed by atoms with Gasteiger partial charge >= 0.3 is 5.69 Å². The smallest absolute Gasteiger partial charge is 0.312 e. The molecule has 0 aliphatic rings. The van der Waals surface area contributed by atoms with Crippen LogP contribution in [0.1, 0.15) is 26.7 Å². The first-order valence-electron chi connectivity index (χ1n) is 5.50. The van der Waals surface area contributed by atoms with Gasteiger partial charge in [-0.05, 0) is 13.0 Å². The minimum absolute atomic E-state index is 0.0472. The maximum absolute atomic E-state index is 11.5. The minimum atomic E-state index is -0.0472. The van der Waals surface area contributed by atoms with Crippen LogP contribution in [-0.4, -0.2) is 26.9 Å². The van der Waals surface area contributed by atoms with E-state index in [9.17, 15) is 4.79 Å². The molecular formula is C10H20N4O. The summed E-state index contributed by atoms with van der Waals surface area (Å²) in [5.41, 5.74) is -0.0472. The highest BCUT2D eigenvalue weighted by molar-refractivity contribution is 4.71. The minimum Gasteiger partial charge on any atom is -0.312 e. The van der Waals surface area contributed by atoms with Crippen LogP contribution in [-0.2, 0) is 13.6 Å². The summed E-state index contributed by atoms with van der Waals surface area (Å²) in [6.45, 7) is 5.79. The van der Waals surface area contributed by atoms with Crippen molar-refractivity contribution >= 4 is 0 Å². The number of hydrogen-bond acceptors (Lipinski definition) is 3. The average Bonchev–Trinajstić information content (AvgIpc) is 2.51. The fraction of sp³-hybridized carbons (Fsp3) is 0.800.